The summed E-state index contributed by atoms with van der Waals surface area (Å²) in [6.45, 7) is 1.88. The van der Waals surface area contributed by atoms with Gasteiger partial charge in [0.2, 0.25) is 0 Å². The van der Waals surface area contributed by atoms with Gasteiger partial charge in [-0.25, -0.2) is 4.79 Å². The van der Waals surface area contributed by atoms with E-state index in [1.165, 1.54) is 18.2 Å². The summed E-state index contributed by atoms with van der Waals surface area (Å²) in [5, 5.41) is 13.9. The molecule has 0 bridgehead atoms. The number of carbonyl (C=O) groups excluding carboxylic acids is 1. The van der Waals surface area contributed by atoms with Gasteiger partial charge in [-0.3, -0.25) is 10.1 Å². The summed E-state index contributed by atoms with van der Waals surface area (Å²) >= 11 is 0. The van der Waals surface area contributed by atoms with Crippen LogP contribution in [0.25, 0.3) is 0 Å². The van der Waals surface area contributed by atoms with Gasteiger partial charge in [0.25, 0.3) is 5.69 Å². The van der Waals surface area contributed by atoms with Gasteiger partial charge in [-0.15, -0.1) is 0 Å². The normalized spacial score (nSPS) is 9.95. The van der Waals surface area contributed by atoms with Crippen molar-refractivity contribution in [1.82, 2.24) is 0 Å². The highest BCUT2D eigenvalue weighted by Gasteiger charge is 2.17. The molecule has 6 nitrogen and oxygen atoms in total. The van der Waals surface area contributed by atoms with E-state index in [0.717, 1.165) is 5.69 Å². The number of nitrogens with one attached hydrogen (secondary N) is 1. The SMILES string of the molecule is CCOC(=O)c1cc([N+](=O)[O-])ccc1Nc1ccccc1. The first-order valence-electron chi connectivity index (χ1n) is 6.39. The Morgan fingerprint density at radius 1 is 1.24 bits per heavy atom. The molecule has 0 fully saturated rings. The maximum atomic E-state index is 11.9. The molecule has 1 N–H and O–H groups in total. The molecule has 0 atom stereocenters. The second kappa shape index (κ2) is 6.51. The smallest absolute Gasteiger partial charge is 0.340 e. The summed E-state index contributed by atoms with van der Waals surface area (Å²) < 4.78 is 4.94. The molecule has 0 saturated carbocycles. The van der Waals surface area contributed by atoms with Crippen LogP contribution >= 0.6 is 0 Å². The lowest BCUT2D eigenvalue weighted by molar-refractivity contribution is -0.384. The molecule has 6 heteroatoms. The Bertz CT molecular complexity index is 656. The topological polar surface area (TPSA) is 81.5 Å². The lowest BCUT2D eigenvalue weighted by Crippen LogP contribution is -2.08. The third-order valence-electron chi connectivity index (χ3n) is 2.76. The summed E-state index contributed by atoms with van der Waals surface area (Å²) in [5.74, 6) is -0.598. The number of hydrogen-bond donors (Lipinski definition) is 1. The molecule has 0 aliphatic carbocycles. The van der Waals surface area contributed by atoms with Crippen LogP contribution in [0.15, 0.2) is 48.5 Å². The predicted molar refractivity (Wildman–Crippen MR) is 78.8 cm³/mol. The van der Waals surface area contributed by atoms with Gasteiger partial charge in [-0.05, 0) is 25.1 Å². The Labute approximate surface area is 121 Å². The van der Waals surface area contributed by atoms with Crippen molar-refractivity contribution in [3.63, 3.8) is 0 Å². The third kappa shape index (κ3) is 3.56. The van der Waals surface area contributed by atoms with Crippen LogP contribution in [0.5, 0.6) is 0 Å². The minimum Gasteiger partial charge on any atom is -0.462 e. The maximum Gasteiger partial charge on any atom is 0.340 e. The van der Waals surface area contributed by atoms with Crippen molar-refractivity contribution in [2.75, 3.05) is 11.9 Å². The van der Waals surface area contributed by atoms with E-state index in [2.05, 4.69) is 5.32 Å². The van der Waals surface area contributed by atoms with Gasteiger partial charge in [-0.2, -0.15) is 0 Å². The van der Waals surface area contributed by atoms with E-state index in [4.69, 9.17) is 4.74 Å². The lowest BCUT2D eigenvalue weighted by Gasteiger charge is -2.11. The summed E-state index contributed by atoms with van der Waals surface area (Å²) in [6.07, 6.45) is 0. The molecule has 108 valence electrons. The van der Waals surface area contributed by atoms with Gasteiger partial charge in [0.15, 0.2) is 0 Å². The van der Waals surface area contributed by atoms with Crippen LogP contribution in [0.2, 0.25) is 0 Å². The summed E-state index contributed by atoms with van der Waals surface area (Å²) in [7, 11) is 0. The molecular formula is C15H14N2O4. The van der Waals surface area contributed by atoms with E-state index in [0.29, 0.717) is 5.69 Å². The van der Waals surface area contributed by atoms with E-state index < -0.39 is 10.9 Å². The van der Waals surface area contributed by atoms with Gasteiger partial charge in [0, 0.05) is 17.8 Å². The maximum absolute atomic E-state index is 11.9. The van der Waals surface area contributed by atoms with Crippen molar-refractivity contribution in [3.8, 4) is 0 Å². The van der Waals surface area contributed by atoms with Crippen LogP contribution in [0.4, 0.5) is 17.1 Å². The average molecular weight is 286 g/mol. The van der Waals surface area contributed by atoms with Crippen molar-refractivity contribution >= 4 is 23.0 Å². The van der Waals surface area contributed by atoms with Crippen molar-refractivity contribution in [3.05, 3.63) is 64.2 Å². The number of nitro benzene ring substituents is 1. The fourth-order valence-corrected chi connectivity index (χ4v) is 1.81. The van der Waals surface area contributed by atoms with Crippen molar-refractivity contribution in [2.24, 2.45) is 0 Å². The van der Waals surface area contributed by atoms with Gasteiger partial charge in [0.1, 0.15) is 0 Å². The number of nitrogens with zero attached hydrogens (tertiary/aromatic N) is 1. The molecule has 2 aromatic carbocycles. The van der Waals surface area contributed by atoms with Crippen molar-refractivity contribution < 1.29 is 14.5 Å². The van der Waals surface area contributed by atoms with Crippen LogP contribution < -0.4 is 5.32 Å². The highest BCUT2D eigenvalue weighted by molar-refractivity contribution is 5.97. The highest BCUT2D eigenvalue weighted by Crippen LogP contribution is 2.26. The molecule has 2 rings (SSSR count). The molecule has 0 spiro atoms. The number of esters is 1. The van der Waals surface area contributed by atoms with E-state index >= 15 is 0 Å². The minimum absolute atomic E-state index is 0.134. The van der Waals surface area contributed by atoms with Crippen LogP contribution in [-0.4, -0.2) is 17.5 Å². The fraction of sp³-hybridized carbons (Fsp3) is 0.133. The molecule has 21 heavy (non-hydrogen) atoms. The van der Waals surface area contributed by atoms with Crippen molar-refractivity contribution in [1.29, 1.82) is 0 Å². The summed E-state index contributed by atoms with van der Waals surface area (Å²) in [5.41, 5.74) is 1.22. The number of anilines is 2. The summed E-state index contributed by atoms with van der Waals surface area (Å²) in [4.78, 5) is 22.2. The molecule has 0 radical (unpaired) electrons. The molecule has 0 amide bonds. The first kappa shape index (κ1) is 14.5. The largest absolute Gasteiger partial charge is 0.462 e. The zero-order valence-electron chi connectivity index (χ0n) is 11.4. The quantitative estimate of drug-likeness (QED) is 0.516. The monoisotopic (exact) mass is 286 g/mol. The van der Waals surface area contributed by atoms with Crippen molar-refractivity contribution in [2.45, 2.75) is 6.92 Å². The number of nitro groups is 1. The molecule has 0 unspecified atom stereocenters. The van der Waals surface area contributed by atoms with E-state index in [9.17, 15) is 14.9 Å². The molecule has 2 aromatic rings. The summed E-state index contributed by atoms with van der Waals surface area (Å²) in [6, 6.07) is 13.3. The predicted octanol–water partition coefficient (Wildman–Crippen LogP) is 3.52. The number of hydrogen-bond acceptors (Lipinski definition) is 5. The average Bonchev–Trinajstić information content (AvgIpc) is 2.48. The standard InChI is InChI=1S/C15H14N2O4/c1-2-21-15(18)13-10-12(17(19)20)8-9-14(13)16-11-6-4-3-5-7-11/h3-10,16H,2H2,1H3. The van der Waals surface area contributed by atoms with Crippen LogP contribution in [0.1, 0.15) is 17.3 Å². The second-order valence-electron chi connectivity index (χ2n) is 4.20. The Morgan fingerprint density at radius 3 is 2.57 bits per heavy atom. The molecule has 0 aliphatic heterocycles. The highest BCUT2D eigenvalue weighted by atomic mass is 16.6. The van der Waals surface area contributed by atoms with E-state index in [1.807, 2.05) is 30.3 Å². The number of para-hydroxylation sites is 1. The minimum atomic E-state index is -0.598. The number of benzene rings is 2. The molecule has 0 aromatic heterocycles. The molecular weight excluding hydrogens is 272 g/mol. The zero-order valence-corrected chi connectivity index (χ0v) is 11.4. The Balaban J connectivity index is 2.39. The van der Waals surface area contributed by atoms with Gasteiger partial charge >= 0.3 is 5.97 Å². The first-order chi connectivity index (χ1) is 10.1. The van der Waals surface area contributed by atoms with Gasteiger partial charge < -0.3 is 10.1 Å². The second-order valence-corrected chi connectivity index (χ2v) is 4.20. The lowest BCUT2D eigenvalue weighted by atomic mass is 10.1. The van der Waals surface area contributed by atoms with Crippen LogP contribution in [-0.2, 0) is 4.74 Å². The Hall–Kier alpha value is -2.89. The fourth-order valence-electron chi connectivity index (χ4n) is 1.81. The zero-order chi connectivity index (χ0) is 15.2. The molecule has 0 heterocycles. The van der Waals surface area contributed by atoms with E-state index in [1.54, 1.807) is 6.92 Å². The van der Waals surface area contributed by atoms with Crippen LogP contribution in [0, 0.1) is 10.1 Å². The molecule has 0 saturated heterocycles. The van der Waals surface area contributed by atoms with Gasteiger partial charge in [0.05, 0.1) is 22.8 Å². The number of non-ortho nitro benzene ring substituents is 1. The number of rotatable bonds is 5. The number of carbonyl (C=O) groups is 1. The third-order valence-corrected chi connectivity index (χ3v) is 2.76. The molecule has 0 aliphatic rings. The van der Waals surface area contributed by atoms with Gasteiger partial charge in [-0.1, -0.05) is 18.2 Å². The Morgan fingerprint density at radius 2 is 1.95 bits per heavy atom. The number of ether oxygens (including phenoxy) is 1. The van der Waals surface area contributed by atoms with Crippen LogP contribution in [0.3, 0.4) is 0 Å². The van der Waals surface area contributed by atoms with E-state index in [-0.39, 0.29) is 17.9 Å². The Kier molecular flexibility index (Phi) is 4.50. The first-order valence-corrected chi connectivity index (χ1v) is 6.39.